The van der Waals surface area contributed by atoms with Crippen LogP contribution in [0.4, 0.5) is 13.2 Å². The van der Waals surface area contributed by atoms with Crippen LogP contribution in [0.25, 0.3) is 0 Å². The van der Waals surface area contributed by atoms with E-state index in [9.17, 15) is 23.1 Å². The first-order valence-electron chi connectivity index (χ1n) is 7.19. The number of amides is 1. The number of benzene rings is 1. The van der Waals surface area contributed by atoms with Crippen molar-refractivity contribution in [3.05, 3.63) is 35.1 Å². The molecular formula is C15H19F3N2O3. The van der Waals surface area contributed by atoms with E-state index >= 15 is 0 Å². The molecule has 2 rings (SSSR count). The van der Waals surface area contributed by atoms with Gasteiger partial charge in [-0.2, -0.15) is 0 Å². The van der Waals surface area contributed by atoms with Crippen LogP contribution in [0.1, 0.15) is 5.56 Å². The molecule has 0 spiro atoms. The van der Waals surface area contributed by atoms with Gasteiger partial charge in [-0.3, -0.25) is 9.69 Å². The van der Waals surface area contributed by atoms with Crippen LogP contribution < -0.4 is 5.32 Å². The molecule has 0 saturated carbocycles. The normalized spacial score (nSPS) is 21.6. The molecule has 1 amide bonds. The van der Waals surface area contributed by atoms with Crippen molar-refractivity contribution in [1.82, 2.24) is 10.2 Å². The Morgan fingerprint density at radius 2 is 2.00 bits per heavy atom. The molecule has 0 unspecified atom stereocenters. The van der Waals surface area contributed by atoms with E-state index in [4.69, 9.17) is 4.74 Å². The van der Waals surface area contributed by atoms with Gasteiger partial charge >= 0.3 is 0 Å². The first-order chi connectivity index (χ1) is 10.9. The van der Waals surface area contributed by atoms with Gasteiger partial charge in [0.2, 0.25) is 5.91 Å². The zero-order valence-corrected chi connectivity index (χ0v) is 12.7. The molecule has 1 aliphatic rings. The molecule has 0 aromatic heterocycles. The van der Waals surface area contributed by atoms with Crippen LogP contribution >= 0.6 is 0 Å². The SMILES string of the molecule is COCC(=O)N[C@@H]1CN(Cc2cc(F)c(F)c(F)c2)C[C@H]1CO. The van der Waals surface area contributed by atoms with E-state index < -0.39 is 17.5 Å². The number of aliphatic hydroxyl groups excluding tert-OH is 1. The van der Waals surface area contributed by atoms with Crippen molar-refractivity contribution < 1.29 is 27.8 Å². The van der Waals surface area contributed by atoms with Gasteiger partial charge in [0.1, 0.15) is 6.61 Å². The molecule has 23 heavy (non-hydrogen) atoms. The first kappa shape index (κ1) is 17.7. The minimum absolute atomic E-state index is 0.0803. The number of hydrogen-bond acceptors (Lipinski definition) is 4. The summed E-state index contributed by atoms with van der Waals surface area (Å²) in [6, 6.07) is 1.62. The molecule has 2 N–H and O–H groups in total. The van der Waals surface area contributed by atoms with Crippen LogP contribution in [0.2, 0.25) is 0 Å². The van der Waals surface area contributed by atoms with E-state index in [0.717, 1.165) is 12.1 Å². The summed E-state index contributed by atoms with van der Waals surface area (Å²) in [5.74, 6) is -4.44. The third-order valence-electron chi connectivity index (χ3n) is 3.82. The van der Waals surface area contributed by atoms with Gasteiger partial charge in [-0.05, 0) is 17.7 Å². The van der Waals surface area contributed by atoms with Crippen molar-refractivity contribution >= 4 is 5.91 Å². The summed E-state index contributed by atoms with van der Waals surface area (Å²) in [5, 5.41) is 12.2. The molecule has 1 saturated heterocycles. The van der Waals surface area contributed by atoms with Gasteiger partial charge in [-0.1, -0.05) is 0 Å². The van der Waals surface area contributed by atoms with E-state index in [0.29, 0.717) is 18.7 Å². The Labute approximate surface area is 132 Å². The Morgan fingerprint density at radius 3 is 2.57 bits per heavy atom. The lowest BCUT2D eigenvalue weighted by Crippen LogP contribution is -2.43. The topological polar surface area (TPSA) is 61.8 Å². The van der Waals surface area contributed by atoms with Gasteiger partial charge in [0.05, 0.1) is 0 Å². The van der Waals surface area contributed by atoms with Crippen LogP contribution in [0.5, 0.6) is 0 Å². The Kier molecular flexibility index (Phi) is 5.97. The molecule has 0 aliphatic carbocycles. The highest BCUT2D eigenvalue weighted by Crippen LogP contribution is 2.21. The van der Waals surface area contributed by atoms with Crippen molar-refractivity contribution in [1.29, 1.82) is 0 Å². The van der Waals surface area contributed by atoms with E-state index in [1.165, 1.54) is 7.11 Å². The second-order valence-corrected chi connectivity index (χ2v) is 5.62. The van der Waals surface area contributed by atoms with E-state index in [2.05, 4.69) is 5.32 Å². The number of ether oxygens (including phenoxy) is 1. The van der Waals surface area contributed by atoms with Crippen molar-refractivity contribution in [2.75, 3.05) is 33.4 Å². The summed E-state index contributed by atoms with van der Waals surface area (Å²) in [5.41, 5.74) is 0.293. The maximum absolute atomic E-state index is 13.2. The number of carbonyl (C=O) groups excluding carboxylic acids is 1. The molecule has 1 fully saturated rings. The number of likely N-dealkylation sites (tertiary alicyclic amines) is 1. The molecule has 1 aliphatic heterocycles. The number of carbonyl (C=O) groups is 1. The summed E-state index contributed by atoms with van der Waals surface area (Å²) in [6.45, 7) is 0.862. The smallest absolute Gasteiger partial charge is 0.246 e. The second kappa shape index (κ2) is 7.76. The lowest BCUT2D eigenvalue weighted by atomic mass is 10.1. The highest BCUT2D eigenvalue weighted by molar-refractivity contribution is 5.77. The Bertz CT molecular complexity index is 548. The number of nitrogens with zero attached hydrogens (tertiary/aromatic N) is 1. The number of aliphatic hydroxyl groups is 1. The van der Waals surface area contributed by atoms with Gasteiger partial charge in [0.25, 0.3) is 0 Å². The highest BCUT2D eigenvalue weighted by Gasteiger charge is 2.33. The summed E-state index contributed by atoms with van der Waals surface area (Å²) < 4.78 is 44.2. The van der Waals surface area contributed by atoms with E-state index in [1.54, 1.807) is 0 Å². The minimum Gasteiger partial charge on any atom is -0.396 e. The molecular weight excluding hydrogens is 313 g/mol. The maximum atomic E-state index is 13.2. The fraction of sp³-hybridized carbons (Fsp3) is 0.533. The summed E-state index contributed by atoms with van der Waals surface area (Å²) in [4.78, 5) is 13.4. The Balaban J connectivity index is 2.01. The van der Waals surface area contributed by atoms with Gasteiger partial charge in [-0.25, -0.2) is 13.2 Å². The molecule has 5 nitrogen and oxygen atoms in total. The van der Waals surface area contributed by atoms with Crippen LogP contribution in [0.15, 0.2) is 12.1 Å². The number of hydrogen-bond donors (Lipinski definition) is 2. The van der Waals surface area contributed by atoms with Crippen LogP contribution in [-0.2, 0) is 16.1 Å². The van der Waals surface area contributed by atoms with Gasteiger partial charge in [0.15, 0.2) is 17.5 Å². The number of halogens is 3. The molecule has 128 valence electrons. The molecule has 8 heteroatoms. The van der Waals surface area contributed by atoms with Crippen molar-refractivity contribution in [2.24, 2.45) is 5.92 Å². The van der Waals surface area contributed by atoms with Gasteiger partial charge in [0, 0.05) is 45.3 Å². The molecule has 1 heterocycles. The molecule has 2 atom stereocenters. The van der Waals surface area contributed by atoms with Gasteiger partial charge in [-0.15, -0.1) is 0 Å². The third-order valence-corrected chi connectivity index (χ3v) is 3.82. The standard InChI is InChI=1S/C15H19F3N2O3/c1-23-8-14(22)19-13-6-20(5-10(13)7-21)4-9-2-11(16)15(18)12(17)3-9/h2-3,10,13,21H,4-8H2,1H3,(H,19,22)/t10-,13+/m0/s1. The fourth-order valence-electron chi connectivity index (χ4n) is 2.78. The van der Waals surface area contributed by atoms with Gasteiger partial charge < -0.3 is 15.2 Å². The Hall–Kier alpha value is -1.64. The van der Waals surface area contributed by atoms with E-state index in [1.807, 2.05) is 4.90 Å². The minimum atomic E-state index is -1.49. The lowest BCUT2D eigenvalue weighted by molar-refractivity contribution is -0.125. The third kappa shape index (κ3) is 4.43. The zero-order valence-electron chi connectivity index (χ0n) is 12.7. The predicted molar refractivity (Wildman–Crippen MR) is 76.0 cm³/mol. The number of methoxy groups -OCH3 is 1. The molecule has 0 bridgehead atoms. The van der Waals surface area contributed by atoms with Crippen molar-refractivity contribution in [3.63, 3.8) is 0 Å². The number of rotatable bonds is 6. The molecule has 1 aromatic rings. The largest absolute Gasteiger partial charge is 0.396 e. The van der Waals surface area contributed by atoms with Crippen molar-refractivity contribution in [3.8, 4) is 0 Å². The van der Waals surface area contributed by atoms with Crippen molar-refractivity contribution in [2.45, 2.75) is 12.6 Å². The summed E-state index contributed by atoms with van der Waals surface area (Å²) in [7, 11) is 1.40. The second-order valence-electron chi connectivity index (χ2n) is 5.62. The zero-order chi connectivity index (χ0) is 17.0. The monoisotopic (exact) mass is 332 g/mol. The number of nitrogens with one attached hydrogen (secondary N) is 1. The van der Waals surface area contributed by atoms with E-state index in [-0.39, 0.29) is 37.6 Å². The Morgan fingerprint density at radius 1 is 1.35 bits per heavy atom. The fourth-order valence-corrected chi connectivity index (χ4v) is 2.78. The van der Waals surface area contributed by atoms with Crippen LogP contribution in [0.3, 0.4) is 0 Å². The quantitative estimate of drug-likeness (QED) is 0.752. The average Bonchev–Trinajstić information content (AvgIpc) is 2.86. The average molecular weight is 332 g/mol. The van der Waals surface area contributed by atoms with Crippen LogP contribution in [-0.4, -0.2) is 55.4 Å². The molecule has 0 radical (unpaired) electrons. The summed E-state index contributed by atoms with van der Waals surface area (Å²) >= 11 is 0. The van der Waals surface area contributed by atoms with Crippen LogP contribution in [0, 0.1) is 23.4 Å². The lowest BCUT2D eigenvalue weighted by Gasteiger charge is -2.18. The molecule has 1 aromatic carbocycles. The maximum Gasteiger partial charge on any atom is 0.246 e. The highest BCUT2D eigenvalue weighted by atomic mass is 19.2. The first-order valence-corrected chi connectivity index (χ1v) is 7.19. The predicted octanol–water partition coefficient (Wildman–Crippen LogP) is 0.659. The summed E-state index contributed by atoms with van der Waals surface area (Å²) in [6.07, 6.45) is 0.